The topological polar surface area (TPSA) is 84.6 Å². The third kappa shape index (κ3) is 5.73. The third-order valence-electron chi connectivity index (χ3n) is 2.10. The summed E-state index contributed by atoms with van der Waals surface area (Å²) in [4.78, 5) is 21.6. The average molecular weight is 265 g/mol. The molecule has 0 atom stereocenters. The lowest BCUT2D eigenvalue weighted by atomic mass is 10.2. The van der Waals surface area contributed by atoms with E-state index in [4.69, 9.17) is 0 Å². The highest BCUT2D eigenvalue weighted by atomic mass is 16.6. The van der Waals surface area contributed by atoms with Crippen molar-refractivity contribution in [3.8, 4) is 0 Å². The van der Waals surface area contributed by atoms with Crippen LogP contribution in [0.3, 0.4) is 0 Å². The lowest BCUT2D eigenvalue weighted by Crippen LogP contribution is -2.43. The fourth-order valence-corrected chi connectivity index (χ4v) is 1.36. The Bertz CT molecular complexity index is 506. The van der Waals surface area contributed by atoms with E-state index < -0.39 is 4.92 Å². The van der Waals surface area contributed by atoms with Gasteiger partial charge in [-0.1, -0.05) is 12.1 Å². The number of carbonyl (C=O) groups excluding carboxylic acids is 1. The van der Waals surface area contributed by atoms with Crippen molar-refractivity contribution in [2.75, 3.05) is 27.7 Å². The Balaban J connectivity index is 2.60. The number of non-ortho nitro benzene ring substituents is 1. The normalized spacial score (nSPS) is 11.5. The lowest BCUT2D eigenvalue weighted by Gasteiger charge is -2.21. The fourth-order valence-electron chi connectivity index (χ4n) is 1.36. The first-order valence-electron chi connectivity index (χ1n) is 5.65. The molecule has 0 saturated carbocycles. The van der Waals surface area contributed by atoms with E-state index in [1.807, 2.05) is 21.1 Å². The molecule has 1 aromatic rings. The second kappa shape index (κ2) is 6.05. The number of amides is 1. The van der Waals surface area contributed by atoms with Gasteiger partial charge in [0.15, 0.2) is 6.54 Å². The van der Waals surface area contributed by atoms with E-state index >= 15 is 0 Å². The van der Waals surface area contributed by atoms with E-state index in [1.54, 1.807) is 12.1 Å². The summed E-state index contributed by atoms with van der Waals surface area (Å²) < 4.78 is 0.498. The number of nitro benzene ring substituents is 1. The van der Waals surface area contributed by atoms with Gasteiger partial charge in [0.05, 0.1) is 32.3 Å². The van der Waals surface area contributed by atoms with Crippen LogP contribution >= 0.6 is 0 Å². The van der Waals surface area contributed by atoms with Crippen LogP contribution in [0.25, 0.3) is 0 Å². The molecule has 7 nitrogen and oxygen atoms in total. The maximum Gasteiger partial charge on any atom is 0.295 e. The Morgan fingerprint density at radius 3 is 2.74 bits per heavy atom. The van der Waals surface area contributed by atoms with Crippen molar-refractivity contribution >= 4 is 17.8 Å². The van der Waals surface area contributed by atoms with Crippen LogP contribution in [0.4, 0.5) is 5.69 Å². The molecule has 0 saturated heterocycles. The molecule has 7 heteroatoms. The van der Waals surface area contributed by atoms with Crippen molar-refractivity contribution in [3.63, 3.8) is 0 Å². The maximum absolute atomic E-state index is 11.5. The first-order valence-corrected chi connectivity index (χ1v) is 5.65. The molecule has 1 amide bonds. The summed E-state index contributed by atoms with van der Waals surface area (Å²) >= 11 is 0. The highest BCUT2D eigenvalue weighted by Crippen LogP contribution is 2.11. The van der Waals surface area contributed by atoms with Gasteiger partial charge in [0.2, 0.25) is 0 Å². The Kier molecular flexibility index (Phi) is 4.71. The number of quaternary nitrogens is 1. The summed E-state index contributed by atoms with van der Waals surface area (Å²) in [6, 6.07) is 6.01. The number of benzene rings is 1. The van der Waals surface area contributed by atoms with E-state index in [-0.39, 0.29) is 11.6 Å². The predicted octanol–water partition coefficient (Wildman–Crippen LogP) is 0.751. The molecule has 0 aliphatic heterocycles. The number of hydrazone groups is 1. The number of nitrogens with zero attached hydrogens (tertiary/aromatic N) is 3. The summed E-state index contributed by atoms with van der Waals surface area (Å²) in [5, 5.41) is 14.4. The molecule has 102 valence electrons. The van der Waals surface area contributed by atoms with Crippen LogP contribution in [0.2, 0.25) is 0 Å². The Labute approximate surface area is 111 Å². The molecule has 1 rings (SSSR count). The van der Waals surface area contributed by atoms with E-state index in [0.29, 0.717) is 16.6 Å². The molecule has 0 heterocycles. The fraction of sp³-hybridized carbons (Fsp3) is 0.333. The van der Waals surface area contributed by atoms with Gasteiger partial charge in [-0.15, -0.1) is 0 Å². The second-order valence-corrected chi connectivity index (χ2v) is 5.09. The van der Waals surface area contributed by atoms with Crippen molar-refractivity contribution < 1.29 is 14.2 Å². The van der Waals surface area contributed by atoms with Crippen LogP contribution in [0.5, 0.6) is 0 Å². The molecular formula is C12H17N4O3+. The van der Waals surface area contributed by atoms with Gasteiger partial charge in [-0.2, -0.15) is 5.10 Å². The zero-order valence-electron chi connectivity index (χ0n) is 11.2. The summed E-state index contributed by atoms with van der Waals surface area (Å²) in [5.74, 6) is -0.214. The first-order chi connectivity index (χ1) is 8.78. The highest BCUT2D eigenvalue weighted by Gasteiger charge is 2.13. The second-order valence-electron chi connectivity index (χ2n) is 5.09. The minimum Gasteiger partial charge on any atom is -0.323 e. The van der Waals surface area contributed by atoms with E-state index in [9.17, 15) is 14.9 Å². The molecule has 0 radical (unpaired) electrons. The zero-order valence-corrected chi connectivity index (χ0v) is 11.2. The van der Waals surface area contributed by atoms with Crippen LogP contribution in [0.15, 0.2) is 29.4 Å². The summed E-state index contributed by atoms with van der Waals surface area (Å²) in [7, 11) is 5.68. The minimum absolute atomic E-state index is 0.0124. The molecule has 0 fully saturated rings. The molecule has 0 bridgehead atoms. The van der Waals surface area contributed by atoms with Gasteiger partial charge in [-0.25, -0.2) is 5.43 Å². The van der Waals surface area contributed by atoms with Crippen molar-refractivity contribution in [3.05, 3.63) is 39.9 Å². The van der Waals surface area contributed by atoms with Crippen molar-refractivity contribution in [1.29, 1.82) is 0 Å². The maximum atomic E-state index is 11.5. The van der Waals surface area contributed by atoms with Gasteiger partial charge in [0, 0.05) is 17.7 Å². The van der Waals surface area contributed by atoms with Crippen molar-refractivity contribution in [2.45, 2.75) is 0 Å². The van der Waals surface area contributed by atoms with Crippen LogP contribution in [-0.4, -0.2) is 49.2 Å². The largest absolute Gasteiger partial charge is 0.323 e. The molecule has 1 aromatic carbocycles. The molecule has 1 N–H and O–H groups in total. The third-order valence-corrected chi connectivity index (χ3v) is 2.10. The average Bonchev–Trinajstić information content (AvgIpc) is 2.27. The van der Waals surface area contributed by atoms with Gasteiger partial charge >= 0.3 is 0 Å². The van der Waals surface area contributed by atoms with Crippen LogP contribution in [0.1, 0.15) is 5.56 Å². The Morgan fingerprint density at radius 2 is 2.16 bits per heavy atom. The molecule has 0 spiro atoms. The van der Waals surface area contributed by atoms with E-state index in [2.05, 4.69) is 10.5 Å². The van der Waals surface area contributed by atoms with Gasteiger partial charge < -0.3 is 4.48 Å². The minimum atomic E-state index is -0.479. The summed E-state index contributed by atoms with van der Waals surface area (Å²) in [5.41, 5.74) is 2.92. The molecule has 0 unspecified atom stereocenters. The number of hydrogen-bond acceptors (Lipinski definition) is 4. The summed E-state index contributed by atoms with van der Waals surface area (Å²) in [6.07, 6.45) is 1.38. The number of nitrogens with one attached hydrogen (secondary N) is 1. The number of likely N-dealkylation sites (N-methyl/N-ethyl adjacent to an activating group) is 1. The van der Waals surface area contributed by atoms with E-state index in [1.165, 1.54) is 18.3 Å². The summed E-state index contributed by atoms with van der Waals surface area (Å²) in [6.45, 7) is 0.298. The van der Waals surface area contributed by atoms with Crippen LogP contribution < -0.4 is 5.43 Å². The molecule has 0 aromatic heterocycles. The number of rotatable bonds is 5. The van der Waals surface area contributed by atoms with Crippen molar-refractivity contribution in [2.24, 2.45) is 5.10 Å². The molecular weight excluding hydrogens is 248 g/mol. The smallest absolute Gasteiger partial charge is 0.295 e. The van der Waals surface area contributed by atoms with Crippen LogP contribution in [0, 0.1) is 10.1 Å². The van der Waals surface area contributed by atoms with E-state index in [0.717, 1.165) is 0 Å². The predicted molar refractivity (Wildman–Crippen MR) is 71.7 cm³/mol. The Morgan fingerprint density at radius 1 is 1.47 bits per heavy atom. The van der Waals surface area contributed by atoms with Gasteiger partial charge in [-0.05, 0) is 0 Å². The van der Waals surface area contributed by atoms with Crippen molar-refractivity contribution in [1.82, 2.24) is 5.43 Å². The molecule has 19 heavy (non-hydrogen) atoms. The molecule has 0 aliphatic carbocycles. The first kappa shape index (κ1) is 14.8. The lowest BCUT2D eigenvalue weighted by molar-refractivity contribution is -0.862. The van der Waals surface area contributed by atoms with Gasteiger partial charge in [0.1, 0.15) is 0 Å². The van der Waals surface area contributed by atoms with Crippen LogP contribution in [-0.2, 0) is 4.79 Å². The number of carbonyl (C=O) groups is 1. The SMILES string of the molecule is C[N+](C)(C)CC(=O)NN=Cc1cccc([N+](=O)[O-])c1. The zero-order chi connectivity index (χ0) is 14.5. The monoisotopic (exact) mass is 265 g/mol. The number of nitro groups is 1. The Hall–Kier alpha value is -2.28. The molecule has 0 aliphatic rings. The van der Waals surface area contributed by atoms with Gasteiger partial charge in [0.25, 0.3) is 11.6 Å². The highest BCUT2D eigenvalue weighted by molar-refractivity contribution is 5.83. The van der Waals surface area contributed by atoms with Gasteiger partial charge in [-0.3, -0.25) is 14.9 Å². The quantitative estimate of drug-likeness (QED) is 0.369. The number of hydrogen-bond donors (Lipinski definition) is 1. The standard InChI is InChI=1S/C12H16N4O3/c1-16(2,3)9-12(17)14-13-8-10-5-4-6-11(7-10)15(18)19/h4-8H,9H2,1-3H3/p+1.